The van der Waals surface area contributed by atoms with Crippen LogP contribution < -0.4 is 26.0 Å². The van der Waals surface area contributed by atoms with Crippen molar-refractivity contribution in [2.75, 3.05) is 42.3 Å². The first-order valence-electron chi connectivity index (χ1n) is 7.94. The lowest BCUT2D eigenvalue weighted by Crippen LogP contribution is -2.34. The summed E-state index contributed by atoms with van der Waals surface area (Å²) >= 11 is 0. The van der Waals surface area contributed by atoms with Crippen molar-refractivity contribution in [3.8, 4) is 5.75 Å². The fourth-order valence-corrected chi connectivity index (χ4v) is 2.33. The van der Waals surface area contributed by atoms with Gasteiger partial charge in [0, 0.05) is 43.1 Å². The van der Waals surface area contributed by atoms with Gasteiger partial charge in [-0.15, -0.1) is 0 Å². The van der Waals surface area contributed by atoms with E-state index in [1.165, 1.54) is 0 Å². The van der Waals surface area contributed by atoms with Gasteiger partial charge in [-0.2, -0.15) is 0 Å². The first-order valence-corrected chi connectivity index (χ1v) is 7.94. The third kappa shape index (κ3) is 4.63. The van der Waals surface area contributed by atoms with Crippen molar-refractivity contribution >= 4 is 23.1 Å². The number of rotatable bonds is 7. The van der Waals surface area contributed by atoms with Crippen molar-refractivity contribution in [3.05, 3.63) is 48.5 Å². The van der Waals surface area contributed by atoms with Crippen LogP contribution >= 0.6 is 0 Å². The van der Waals surface area contributed by atoms with E-state index in [-0.39, 0.29) is 6.03 Å². The summed E-state index contributed by atoms with van der Waals surface area (Å²) in [6.45, 7) is 3.63. The number of benzene rings is 2. The minimum absolute atomic E-state index is 0.193. The highest BCUT2D eigenvalue weighted by Crippen LogP contribution is 2.27. The summed E-state index contributed by atoms with van der Waals surface area (Å²) < 4.78 is 5.34. The second kappa shape index (κ2) is 8.79. The summed E-state index contributed by atoms with van der Waals surface area (Å²) in [5.74, 6) is 0.679. The quantitative estimate of drug-likeness (QED) is 0.729. The Labute approximate surface area is 142 Å². The summed E-state index contributed by atoms with van der Waals surface area (Å²) in [7, 11) is 1.60. The van der Waals surface area contributed by atoms with Gasteiger partial charge in [-0.05, 0) is 25.1 Å². The average Bonchev–Trinajstić information content (AvgIpc) is 2.61. The molecular weight excluding hydrogens is 304 g/mol. The van der Waals surface area contributed by atoms with E-state index >= 15 is 0 Å². The number of methoxy groups -OCH3 is 1. The number of nitrogens with one attached hydrogen (secondary N) is 2. The Morgan fingerprint density at radius 1 is 1.17 bits per heavy atom. The van der Waals surface area contributed by atoms with E-state index in [0.717, 1.165) is 17.1 Å². The van der Waals surface area contributed by atoms with Crippen LogP contribution in [0.3, 0.4) is 0 Å². The van der Waals surface area contributed by atoms with Crippen LogP contribution in [0.2, 0.25) is 0 Å². The molecule has 6 heteroatoms. The van der Waals surface area contributed by atoms with Gasteiger partial charge in [0.1, 0.15) is 5.75 Å². The molecule has 2 aromatic rings. The highest BCUT2D eigenvalue weighted by Gasteiger charge is 2.16. The maximum Gasteiger partial charge on any atom is 0.326 e. The number of hydrogen-bond acceptors (Lipinski definition) is 4. The summed E-state index contributed by atoms with van der Waals surface area (Å²) in [6.07, 6.45) is 0. The van der Waals surface area contributed by atoms with Crippen molar-refractivity contribution in [1.29, 1.82) is 0 Å². The van der Waals surface area contributed by atoms with Crippen LogP contribution in [0.15, 0.2) is 48.5 Å². The Kier molecular flexibility index (Phi) is 6.45. The first-order chi connectivity index (χ1) is 11.7. The Morgan fingerprint density at radius 3 is 2.54 bits per heavy atom. The van der Waals surface area contributed by atoms with Crippen LogP contribution in [-0.4, -0.2) is 32.8 Å². The molecule has 0 spiro atoms. The lowest BCUT2D eigenvalue weighted by atomic mass is 10.2. The molecule has 128 valence electrons. The fourth-order valence-electron chi connectivity index (χ4n) is 2.33. The largest absolute Gasteiger partial charge is 0.497 e. The highest BCUT2D eigenvalue weighted by molar-refractivity contribution is 6.02. The molecule has 0 saturated carbocycles. The molecule has 0 radical (unpaired) electrons. The lowest BCUT2D eigenvalue weighted by Gasteiger charge is -2.23. The normalized spacial score (nSPS) is 10.1. The van der Waals surface area contributed by atoms with Crippen molar-refractivity contribution in [1.82, 2.24) is 0 Å². The monoisotopic (exact) mass is 328 g/mol. The van der Waals surface area contributed by atoms with Gasteiger partial charge in [0.2, 0.25) is 0 Å². The molecule has 24 heavy (non-hydrogen) atoms. The van der Waals surface area contributed by atoms with Crippen LogP contribution in [0, 0.1) is 0 Å². The molecule has 0 saturated heterocycles. The molecule has 0 heterocycles. The summed E-state index contributed by atoms with van der Waals surface area (Å²) in [5, 5.41) is 6.11. The van der Waals surface area contributed by atoms with E-state index < -0.39 is 0 Å². The predicted octanol–water partition coefficient (Wildman–Crippen LogP) is 3.12. The lowest BCUT2D eigenvalue weighted by molar-refractivity contribution is 0.257. The molecule has 0 fully saturated rings. The van der Waals surface area contributed by atoms with Gasteiger partial charge in [-0.1, -0.05) is 18.2 Å². The van der Waals surface area contributed by atoms with E-state index in [9.17, 15) is 4.79 Å². The van der Waals surface area contributed by atoms with E-state index in [0.29, 0.717) is 25.4 Å². The number of carbonyl (C=O) groups excluding carboxylic acids is 1. The highest BCUT2D eigenvalue weighted by atomic mass is 16.5. The van der Waals surface area contributed by atoms with Crippen LogP contribution in [0.25, 0.3) is 0 Å². The number of ether oxygens (including phenoxy) is 1. The standard InChI is InChI=1S/C18H24N4O2/c1-3-22(18(23)21-14-7-5-4-6-8-14)16-11-15(20-10-9-19)12-17(13-16)24-2/h4-8,11-13,20H,3,9-10,19H2,1-2H3,(H,21,23). The van der Waals surface area contributed by atoms with Crippen molar-refractivity contribution in [2.45, 2.75) is 6.92 Å². The maximum absolute atomic E-state index is 12.6. The van der Waals surface area contributed by atoms with Crippen LogP contribution in [0.4, 0.5) is 21.9 Å². The Hall–Kier alpha value is -2.73. The van der Waals surface area contributed by atoms with Crippen molar-refractivity contribution in [2.24, 2.45) is 5.73 Å². The fraction of sp³-hybridized carbons (Fsp3) is 0.278. The van der Waals surface area contributed by atoms with E-state index in [1.807, 2.05) is 55.5 Å². The molecule has 0 aliphatic heterocycles. The molecule has 6 nitrogen and oxygen atoms in total. The molecule has 0 bridgehead atoms. The zero-order valence-corrected chi connectivity index (χ0v) is 14.1. The van der Waals surface area contributed by atoms with Gasteiger partial charge in [0.05, 0.1) is 12.8 Å². The molecule has 2 amide bonds. The van der Waals surface area contributed by atoms with E-state index in [1.54, 1.807) is 12.0 Å². The smallest absolute Gasteiger partial charge is 0.326 e. The number of carbonyl (C=O) groups is 1. The van der Waals surface area contributed by atoms with Crippen LogP contribution in [0.5, 0.6) is 5.75 Å². The molecule has 2 aromatic carbocycles. The zero-order chi connectivity index (χ0) is 17.4. The first kappa shape index (κ1) is 17.6. The number of amides is 2. The predicted molar refractivity (Wildman–Crippen MR) is 99.0 cm³/mol. The number of nitrogens with two attached hydrogens (primary N) is 1. The van der Waals surface area contributed by atoms with Crippen molar-refractivity contribution in [3.63, 3.8) is 0 Å². The Morgan fingerprint density at radius 2 is 1.92 bits per heavy atom. The SMILES string of the molecule is CCN(C(=O)Nc1ccccc1)c1cc(NCCN)cc(OC)c1. The van der Waals surface area contributed by atoms with Gasteiger partial charge in [0.15, 0.2) is 0 Å². The second-order valence-electron chi connectivity index (χ2n) is 5.18. The number of urea groups is 1. The Balaban J connectivity index is 2.23. The minimum Gasteiger partial charge on any atom is -0.497 e. The van der Waals surface area contributed by atoms with Gasteiger partial charge in [-0.3, -0.25) is 4.90 Å². The minimum atomic E-state index is -0.193. The van der Waals surface area contributed by atoms with Gasteiger partial charge >= 0.3 is 6.03 Å². The molecule has 0 unspecified atom stereocenters. The summed E-state index contributed by atoms with van der Waals surface area (Å²) in [4.78, 5) is 14.3. The van der Waals surface area contributed by atoms with Gasteiger partial charge < -0.3 is 21.1 Å². The molecule has 0 atom stereocenters. The number of hydrogen-bond donors (Lipinski definition) is 3. The zero-order valence-electron chi connectivity index (χ0n) is 14.1. The summed E-state index contributed by atoms with van der Waals surface area (Å²) in [6, 6.07) is 14.8. The average molecular weight is 328 g/mol. The van der Waals surface area contributed by atoms with E-state index in [2.05, 4.69) is 10.6 Å². The topological polar surface area (TPSA) is 79.6 Å². The van der Waals surface area contributed by atoms with Gasteiger partial charge in [-0.25, -0.2) is 4.79 Å². The summed E-state index contributed by atoms with van der Waals surface area (Å²) in [5.41, 5.74) is 7.91. The van der Waals surface area contributed by atoms with Gasteiger partial charge in [0.25, 0.3) is 0 Å². The molecular formula is C18H24N4O2. The molecule has 0 aromatic heterocycles. The van der Waals surface area contributed by atoms with Crippen LogP contribution in [-0.2, 0) is 0 Å². The molecule has 0 aliphatic carbocycles. The van der Waals surface area contributed by atoms with E-state index in [4.69, 9.17) is 10.5 Å². The maximum atomic E-state index is 12.6. The third-order valence-electron chi connectivity index (χ3n) is 3.50. The molecule has 2 rings (SSSR count). The Bertz CT molecular complexity index is 661. The van der Waals surface area contributed by atoms with Crippen LogP contribution in [0.1, 0.15) is 6.92 Å². The molecule has 0 aliphatic rings. The third-order valence-corrected chi connectivity index (χ3v) is 3.50. The second-order valence-corrected chi connectivity index (χ2v) is 5.18. The number of para-hydroxylation sites is 1. The molecule has 4 N–H and O–H groups in total. The van der Waals surface area contributed by atoms with Crippen molar-refractivity contribution < 1.29 is 9.53 Å². The number of anilines is 3. The number of nitrogens with zero attached hydrogens (tertiary/aromatic N) is 1.